The predicted octanol–water partition coefficient (Wildman–Crippen LogP) is 4.23. The van der Waals surface area contributed by atoms with Gasteiger partial charge in [-0.05, 0) is 42.8 Å². The summed E-state index contributed by atoms with van der Waals surface area (Å²) in [7, 11) is 1.56. The molecule has 2 aromatic carbocycles. The van der Waals surface area contributed by atoms with Crippen LogP contribution in [0.4, 0.5) is 10.1 Å². The van der Waals surface area contributed by atoms with Gasteiger partial charge >= 0.3 is 0 Å². The van der Waals surface area contributed by atoms with Gasteiger partial charge < -0.3 is 10.5 Å². The third kappa shape index (κ3) is 4.07. The quantitative estimate of drug-likeness (QED) is 0.515. The Morgan fingerprint density at radius 1 is 1.21 bits per heavy atom. The summed E-state index contributed by atoms with van der Waals surface area (Å²) in [5, 5.41) is 0.639. The highest BCUT2D eigenvalue weighted by Gasteiger charge is 2.16. The lowest BCUT2D eigenvalue weighted by Crippen LogP contribution is -2.19. The largest absolute Gasteiger partial charge is 0.489 e. The van der Waals surface area contributed by atoms with E-state index < -0.39 is 11.4 Å². The first-order chi connectivity index (χ1) is 13.4. The van der Waals surface area contributed by atoms with E-state index in [-0.39, 0.29) is 23.5 Å². The molecular formula is C21H19ClFN3O2. The molecule has 7 heteroatoms. The van der Waals surface area contributed by atoms with Crippen LogP contribution in [-0.2, 0) is 6.61 Å². The fourth-order valence-corrected chi connectivity index (χ4v) is 2.87. The maximum atomic E-state index is 15.0. The van der Waals surface area contributed by atoms with Gasteiger partial charge in [0.1, 0.15) is 12.4 Å². The molecule has 3 rings (SSSR count). The normalized spacial score (nSPS) is 11.5. The molecular weight excluding hydrogens is 381 g/mol. The molecule has 0 aliphatic heterocycles. The first-order valence-corrected chi connectivity index (χ1v) is 8.90. The van der Waals surface area contributed by atoms with E-state index in [2.05, 4.69) is 4.99 Å². The Labute approximate surface area is 166 Å². The number of anilines is 1. The minimum atomic E-state index is -0.597. The average Bonchev–Trinajstić information content (AvgIpc) is 2.68. The maximum absolute atomic E-state index is 15.0. The van der Waals surface area contributed by atoms with Gasteiger partial charge in [0, 0.05) is 35.7 Å². The molecule has 0 saturated carbocycles. The fraction of sp³-hybridized carbons (Fsp3) is 0.143. The molecule has 5 nitrogen and oxygen atoms in total. The number of nitrogens with zero attached hydrogens (tertiary/aromatic N) is 2. The van der Waals surface area contributed by atoms with Crippen molar-refractivity contribution in [3.05, 3.63) is 87.0 Å². The van der Waals surface area contributed by atoms with Crippen molar-refractivity contribution < 1.29 is 9.13 Å². The first-order valence-electron chi connectivity index (χ1n) is 8.52. The zero-order valence-electron chi connectivity index (χ0n) is 15.4. The molecule has 0 atom stereocenters. The number of nitrogen functional groups attached to an aromatic ring is 1. The average molecular weight is 400 g/mol. The monoisotopic (exact) mass is 399 g/mol. The molecule has 0 amide bonds. The summed E-state index contributed by atoms with van der Waals surface area (Å²) in [6.45, 7) is 1.95. The summed E-state index contributed by atoms with van der Waals surface area (Å²) in [6.07, 6.45) is 1.47. The molecule has 0 spiro atoms. The van der Waals surface area contributed by atoms with Gasteiger partial charge in [-0.15, -0.1) is 0 Å². The van der Waals surface area contributed by atoms with Gasteiger partial charge in [0.05, 0.1) is 11.3 Å². The van der Waals surface area contributed by atoms with E-state index in [1.165, 1.54) is 22.9 Å². The fourth-order valence-electron chi connectivity index (χ4n) is 2.74. The minimum absolute atomic E-state index is 0.0986. The molecule has 0 aliphatic carbocycles. The standard InChI is InChI=1S/C21H19ClFN3O2/c1-13(25-2)20-17(24)7-8-18(21(20)23)26-10-9-16(11-19(26)27)28-12-14-3-5-15(22)6-4-14/h3-11H,12,24H2,1-2H3. The molecule has 1 heterocycles. The van der Waals surface area contributed by atoms with Crippen LogP contribution in [0.25, 0.3) is 5.69 Å². The summed E-state index contributed by atoms with van der Waals surface area (Å²) in [5.74, 6) is -0.210. The van der Waals surface area contributed by atoms with Crippen molar-refractivity contribution in [2.45, 2.75) is 13.5 Å². The molecule has 0 radical (unpaired) electrons. The summed E-state index contributed by atoms with van der Waals surface area (Å²) >= 11 is 5.86. The van der Waals surface area contributed by atoms with Crippen LogP contribution in [0.15, 0.2) is 64.5 Å². The maximum Gasteiger partial charge on any atom is 0.258 e. The van der Waals surface area contributed by atoms with Gasteiger partial charge in [0.15, 0.2) is 5.82 Å². The van der Waals surface area contributed by atoms with Crippen molar-refractivity contribution in [3.8, 4) is 11.4 Å². The number of hydrogen-bond donors (Lipinski definition) is 1. The smallest absolute Gasteiger partial charge is 0.258 e. The number of halogens is 2. The number of aliphatic imine (C=N–C) groups is 1. The van der Waals surface area contributed by atoms with Gasteiger partial charge in [-0.3, -0.25) is 14.4 Å². The number of nitrogens with two attached hydrogens (primary N) is 1. The van der Waals surface area contributed by atoms with Crippen molar-refractivity contribution in [1.82, 2.24) is 4.57 Å². The molecule has 28 heavy (non-hydrogen) atoms. The topological polar surface area (TPSA) is 69.6 Å². The van der Waals surface area contributed by atoms with Crippen LogP contribution >= 0.6 is 11.6 Å². The summed E-state index contributed by atoms with van der Waals surface area (Å²) in [4.78, 5) is 16.5. The number of benzene rings is 2. The van der Waals surface area contributed by atoms with Gasteiger partial charge in [-0.2, -0.15) is 0 Å². The Bertz CT molecular complexity index is 1090. The van der Waals surface area contributed by atoms with E-state index in [0.717, 1.165) is 5.56 Å². The Kier molecular flexibility index (Phi) is 5.80. The minimum Gasteiger partial charge on any atom is -0.489 e. The van der Waals surface area contributed by atoms with Crippen molar-refractivity contribution in [2.24, 2.45) is 4.99 Å². The second-order valence-corrected chi connectivity index (χ2v) is 6.59. The molecule has 0 saturated heterocycles. The molecule has 144 valence electrons. The highest BCUT2D eigenvalue weighted by Crippen LogP contribution is 2.23. The molecule has 0 bridgehead atoms. The lowest BCUT2D eigenvalue weighted by molar-refractivity contribution is 0.305. The highest BCUT2D eigenvalue weighted by atomic mass is 35.5. The number of ether oxygens (including phenoxy) is 1. The lowest BCUT2D eigenvalue weighted by atomic mass is 10.1. The number of hydrogen-bond acceptors (Lipinski definition) is 4. The Balaban J connectivity index is 1.89. The Morgan fingerprint density at radius 2 is 1.93 bits per heavy atom. The first kappa shape index (κ1) is 19.6. The molecule has 0 unspecified atom stereocenters. The van der Waals surface area contributed by atoms with Crippen molar-refractivity contribution in [2.75, 3.05) is 12.8 Å². The third-order valence-corrected chi connectivity index (χ3v) is 4.57. The van der Waals surface area contributed by atoms with Crippen molar-refractivity contribution in [3.63, 3.8) is 0 Å². The zero-order chi connectivity index (χ0) is 20.3. The summed E-state index contributed by atoms with van der Waals surface area (Å²) < 4.78 is 21.8. The van der Waals surface area contributed by atoms with E-state index in [1.807, 2.05) is 12.1 Å². The number of pyridine rings is 1. The van der Waals surface area contributed by atoms with Gasteiger partial charge in [0.2, 0.25) is 0 Å². The Hall–Kier alpha value is -3.12. The predicted molar refractivity (Wildman–Crippen MR) is 110 cm³/mol. The van der Waals surface area contributed by atoms with E-state index in [9.17, 15) is 9.18 Å². The molecule has 0 fully saturated rings. The van der Waals surface area contributed by atoms with E-state index >= 15 is 0 Å². The molecule has 0 aliphatic rings. The Morgan fingerprint density at radius 3 is 2.57 bits per heavy atom. The zero-order valence-corrected chi connectivity index (χ0v) is 16.2. The van der Waals surface area contributed by atoms with Gasteiger partial charge in [0.25, 0.3) is 5.56 Å². The van der Waals surface area contributed by atoms with Crippen LogP contribution in [0.2, 0.25) is 5.02 Å². The molecule has 3 aromatic rings. The third-order valence-electron chi connectivity index (χ3n) is 4.32. The van der Waals surface area contributed by atoms with Crippen LogP contribution in [0.1, 0.15) is 18.1 Å². The number of aromatic nitrogens is 1. The van der Waals surface area contributed by atoms with Gasteiger partial charge in [-0.1, -0.05) is 23.7 Å². The van der Waals surface area contributed by atoms with Crippen molar-refractivity contribution >= 4 is 23.0 Å². The molecule has 2 N–H and O–H groups in total. The lowest BCUT2D eigenvalue weighted by Gasteiger charge is -2.13. The SMILES string of the molecule is CN=C(C)c1c(N)ccc(-n2ccc(OCc3ccc(Cl)cc3)cc2=O)c1F. The van der Waals surface area contributed by atoms with E-state index in [0.29, 0.717) is 16.5 Å². The van der Waals surface area contributed by atoms with E-state index in [4.69, 9.17) is 22.1 Å². The van der Waals surface area contributed by atoms with Crippen molar-refractivity contribution in [1.29, 1.82) is 0 Å². The number of rotatable bonds is 5. The van der Waals surface area contributed by atoms with Crippen LogP contribution in [0.3, 0.4) is 0 Å². The van der Waals surface area contributed by atoms with Crippen LogP contribution in [-0.4, -0.2) is 17.3 Å². The second kappa shape index (κ2) is 8.27. The van der Waals surface area contributed by atoms with Crippen LogP contribution in [0, 0.1) is 5.82 Å². The second-order valence-electron chi connectivity index (χ2n) is 6.16. The van der Waals surface area contributed by atoms with Gasteiger partial charge in [-0.25, -0.2) is 4.39 Å². The van der Waals surface area contributed by atoms with Crippen LogP contribution in [0.5, 0.6) is 5.75 Å². The summed E-state index contributed by atoms with van der Waals surface area (Å²) in [6, 6.07) is 13.1. The van der Waals surface area contributed by atoms with Crippen LogP contribution < -0.4 is 16.0 Å². The van der Waals surface area contributed by atoms with E-state index in [1.54, 1.807) is 38.2 Å². The summed E-state index contributed by atoms with van der Waals surface area (Å²) in [5.41, 5.74) is 7.37. The highest BCUT2D eigenvalue weighted by molar-refractivity contribution is 6.30. The molecule has 1 aromatic heterocycles.